The predicted molar refractivity (Wildman–Crippen MR) is 135 cm³/mol. The molecule has 182 valence electrons. The molecule has 3 aromatic rings. The molecule has 0 fully saturated rings. The van der Waals surface area contributed by atoms with Gasteiger partial charge in [0.2, 0.25) is 0 Å². The van der Waals surface area contributed by atoms with Gasteiger partial charge in [0.15, 0.2) is 0 Å². The molecule has 6 nitrogen and oxygen atoms in total. The molecule has 0 bridgehead atoms. The summed E-state index contributed by atoms with van der Waals surface area (Å²) in [6, 6.07) is 23.8. The van der Waals surface area contributed by atoms with E-state index in [1.165, 1.54) is 4.90 Å². The summed E-state index contributed by atoms with van der Waals surface area (Å²) in [5, 5.41) is 9.35. The van der Waals surface area contributed by atoms with Gasteiger partial charge in [-0.05, 0) is 67.1 Å². The lowest BCUT2D eigenvalue weighted by atomic mass is 9.98. The van der Waals surface area contributed by atoms with E-state index in [2.05, 4.69) is 24.3 Å². The Balaban J connectivity index is 1.40. The van der Waals surface area contributed by atoms with E-state index in [0.717, 1.165) is 33.6 Å². The van der Waals surface area contributed by atoms with Crippen LogP contribution in [0.25, 0.3) is 11.1 Å². The Morgan fingerprint density at radius 1 is 0.886 bits per heavy atom. The monoisotopic (exact) mass is 473 g/mol. The SMILES string of the molecule is CC(C)(C)Oc1ccc(CCN(CC(=O)O)C(=O)OCC2c3ccccc3-c3ccccc32)cc1. The summed E-state index contributed by atoms with van der Waals surface area (Å²) < 4.78 is 11.5. The van der Waals surface area contributed by atoms with Gasteiger partial charge in [-0.15, -0.1) is 0 Å². The van der Waals surface area contributed by atoms with Crippen LogP contribution in [0.2, 0.25) is 0 Å². The molecular formula is C29H31NO5. The van der Waals surface area contributed by atoms with Crippen molar-refractivity contribution >= 4 is 12.1 Å². The van der Waals surface area contributed by atoms with Gasteiger partial charge >= 0.3 is 12.1 Å². The summed E-state index contributed by atoms with van der Waals surface area (Å²) in [4.78, 5) is 25.6. The maximum Gasteiger partial charge on any atom is 0.410 e. The van der Waals surface area contributed by atoms with Crippen molar-refractivity contribution < 1.29 is 24.2 Å². The number of benzene rings is 3. The topological polar surface area (TPSA) is 76.1 Å². The van der Waals surface area contributed by atoms with Crippen molar-refractivity contribution in [1.82, 2.24) is 4.90 Å². The first-order chi connectivity index (χ1) is 16.7. The van der Waals surface area contributed by atoms with Gasteiger partial charge < -0.3 is 14.6 Å². The molecule has 0 heterocycles. The van der Waals surface area contributed by atoms with E-state index >= 15 is 0 Å². The molecule has 0 aromatic heterocycles. The van der Waals surface area contributed by atoms with Crippen LogP contribution in [-0.2, 0) is 16.0 Å². The summed E-state index contributed by atoms with van der Waals surface area (Å²) in [7, 11) is 0. The highest BCUT2D eigenvalue weighted by molar-refractivity contribution is 5.79. The van der Waals surface area contributed by atoms with Gasteiger partial charge in [-0.3, -0.25) is 9.69 Å². The number of carboxylic acid groups (broad SMARTS) is 1. The van der Waals surface area contributed by atoms with Gasteiger partial charge in [0, 0.05) is 12.5 Å². The van der Waals surface area contributed by atoms with Gasteiger partial charge in [-0.1, -0.05) is 60.7 Å². The van der Waals surface area contributed by atoms with Crippen LogP contribution in [0.1, 0.15) is 43.4 Å². The minimum atomic E-state index is -1.08. The molecule has 0 saturated carbocycles. The van der Waals surface area contributed by atoms with Crippen LogP contribution in [-0.4, -0.2) is 47.4 Å². The number of aliphatic carboxylic acids is 1. The molecule has 0 atom stereocenters. The number of nitrogens with zero attached hydrogens (tertiary/aromatic N) is 1. The average Bonchev–Trinajstić information content (AvgIpc) is 3.14. The molecule has 0 radical (unpaired) electrons. The second kappa shape index (κ2) is 10.2. The fourth-order valence-electron chi connectivity index (χ4n) is 4.43. The van der Waals surface area contributed by atoms with Crippen molar-refractivity contribution in [2.45, 2.75) is 38.7 Å². The van der Waals surface area contributed by atoms with E-state index in [-0.39, 0.29) is 24.7 Å². The number of hydrogen-bond acceptors (Lipinski definition) is 4. The minimum absolute atomic E-state index is 0.0756. The molecule has 4 rings (SSSR count). The number of carbonyl (C=O) groups is 2. The van der Waals surface area contributed by atoms with Crippen LogP contribution < -0.4 is 4.74 Å². The molecule has 1 N–H and O–H groups in total. The summed E-state index contributed by atoms with van der Waals surface area (Å²) in [5.41, 5.74) is 5.21. The quantitative estimate of drug-likeness (QED) is 0.451. The van der Waals surface area contributed by atoms with Crippen molar-refractivity contribution in [2.75, 3.05) is 19.7 Å². The number of ether oxygens (including phenoxy) is 2. The van der Waals surface area contributed by atoms with Gasteiger partial charge in [0.1, 0.15) is 24.5 Å². The first kappa shape index (κ1) is 24.3. The van der Waals surface area contributed by atoms with Gasteiger partial charge in [0.05, 0.1) is 0 Å². The zero-order valence-electron chi connectivity index (χ0n) is 20.4. The molecule has 0 spiro atoms. The van der Waals surface area contributed by atoms with Crippen molar-refractivity contribution in [3.8, 4) is 16.9 Å². The third-order valence-electron chi connectivity index (χ3n) is 5.94. The van der Waals surface area contributed by atoms with Crippen LogP contribution in [0.3, 0.4) is 0 Å². The molecule has 35 heavy (non-hydrogen) atoms. The van der Waals surface area contributed by atoms with Gasteiger partial charge in [-0.2, -0.15) is 0 Å². The Bertz CT molecular complexity index is 1150. The first-order valence-corrected chi connectivity index (χ1v) is 11.8. The smallest absolute Gasteiger partial charge is 0.410 e. The summed E-state index contributed by atoms with van der Waals surface area (Å²) in [6.07, 6.45) is -0.116. The maximum atomic E-state index is 12.9. The number of fused-ring (bicyclic) bond motifs is 3. The molecule has 3 aromatic carbocycles. The number of hydrogen-bond donors (Lipinski definition) is 1. The lowest BCUT2D eigenvalue weighted by Crippen LogP contribution is -2.38. The fourth-order valence-corrected chi connectivity index (χ4v) is 4.43. The standard InChI is InChI=1S/C29H31NO5/c1-29(2,3)35-21-14-12-20(13-15-21)16-17-30(18-27(31)32)28(33)34-19-26-24-10-6-4-8-22(24)23-9-5-7-11-25(23)26/h4-15,26H,16-19H2,1-3H3,(H,31,32). The summed E-state index contributed by atoms with van der Waals surface area (Å²) >= 11 is 0. The Hall–Kier alpha value is -3.80. The third kappa shape index (κ3) is 6.01. The Morgan fingerprint density at radius 2 is 1.46 bits per heavy atom. The fraction of sp³-hybridized carbons (Fsp3) is 0.310. The molecule has 0 aliphatic heterocycles. The Labute approximate surface area is 206 Å². The Kier molecular flexibility index (Phi) is 7.10. The third-order valence-corrected chi connectivity index (χ3v) is 5.94. The molecule has 1 aliphatic carbocycles. The lowest BCUT2D eigenvalue weighted by molar-refractivity contribution is -0.138. The largest absolute Gasteiger partial charge is 0.488 e. The van der Waals surface area contributed by atoms with Crippen molar-refractivity contribution in [3.63, 3.8) is 0 Å². The Morgan fingerprint density at radius 3 is 2.00 bits per heavy atom. The van der Waals surface area contributed by atoms with Crippen molar-refractivity contribution in [3.05, 3.63) is 89.5 Å². The van der Waals surface area contributed by atoms with Crippen LogP contribution in [0.4, 0.5) is 4.79 Å². The van der Waals surface area contributed by atoms with Crippen molar-refractivity contribution in [1.29, 1.82) is 0 Å². The number of amides is 1. The van der Waals surface area contributed by atoms with E-state index in [4.69, 9.17) is 9.47 Å². The molecule has 6 heteroatoms. The highest BCUT2D eigenvalue weighted by Gasteiger charge is 2.30. The molecule has 1 amide bonds. The summed E-state index contributed by atoms with van der Waals surface area (Å²) in [6.45, 7) is 5.93. The average molecular weight is 474 g/mol. The van der Waals surface area contributed by atoms with Crippen molar-refractivity contribution in [2.24, 2.45) is 0 Å². The van der Waals surface area contributed by atoms with Crippen LogP contribution in [0.15, 0.2) is 72.8 Å². The van der Waals surface area contributed by atoms with E-state index in [0.29, 0.717) is 6.42 Å². The number of carbonyl (C=O) groups excluding carboxylic acids is 1. The number of rotatable bonds is 8. The van der Waals surface area contributed by atoms with Crippen LogP contribution in [0.5, 0.6) is 5.75 Å². The second-order valence-corrected chi connectivity index (χ2v) is 9.73. The predicted octanol–water partition coefficient (Wildman–Crippen LogP) is 5.74. The normalized spacial score (nSPS) is 12.5. The second-order valence-electron chi connectivity index (χ2n) is 9.73. The highest BCUT2D eigenvalue weighted by Crippen LogP contribution is 2.44. The highest BCUT2D eigenvalue weighted by atomic mass is 16.6. The first-order valence-electron chi connectivity index (χ1n) is 11.8. The van der Waals surface area contributed by atoms with Crippen LogP contribution in [0, 0.1) is 0 Å². The van der Waals surface area contributed by atoms with Gasteiger partial charge in [0.25, 0.3) is 0 Å². The zero-order valence-corrected chi connectivity index (χ0v) is 20.4. The summed E-state index contributed by atoms with van der Waals surface area (Å²) in [5.74, 6) is -0.388. The molecule has 0 unspecified atom stereocenters. The maximum absolute atomic E-state index is 12.9. The number of carboxylic acids is 1. The minimum Gasteiger partial charge on any atom is -0.488 e. The van der Waals surface area contributed by atoms with E-state index in [1.807, 2.05) is 69.3 Å². The lowest BCUT2D eigenvalue weighted by Gasteiger charge is -2.23. The molecular weight excluding hydrogens is 442 g/mol. The van der Waals surface area contributed by atoms with Gasteiger partial charge in [-0.25, -0.2) is 4.79 Å². The molecule has 0 saturated heterocycles. The van der Waals surface area contributed by atoms with E-state index in [9.17, 15) is 14.7 Å². The van der Waals surface area contributed by atoms with E-state index < -0.39 is 18.6 Å². The molecule has 1 aliphatic rings. The zero-order chi connectivity index (χ0) is 25.0. The van der Waals surface area contributed by atoms with Crippen LogP contribution >= 0.6 is 0 Å². The van der Waals surface area contributed by atoms with E-state index in [1.54, 1.807) is 0 Å².